The number of nitrogens with zero attached hydrogens (tertiary/aromatic N) is 2. The van der Waals surface area contributed by atoms with Crippen molar-refractivity contribution < 1.29 is 9.53 Å². The lowest BCUT2D eigenvalue weighted by molar-refractivity contribution is -0.146. The number of rotatable bonds is 9. The molecule has 5 heteroatoms. The van der Waals surface area contributed by atoms with Crippen LogP contribution in [0.2, 0.25) is 0 Å². The highest BCUT2D eigenvalue weighted by Crippen LogP contribution is 2.36. The number of likely N-dealkylation sites (N-methyl/N-ethyl adjacent to an activating group) is 2. The minimum absolute atomic E-state index is 0.322. The molecule has 124 valence electrons. The van der Waals surface area contributed by atoms with Crippen LogP contribution in [0.1, 0.15) is 45.4 Å². The Kier molecular flexibility index (Phi) is 6.63. The number of hydrogen-bond donors (Lipinski definition) is 1. The first-order valence-corrected chi connectivity index (χ1v) is 7.97. The summed E-state index contributed by atoms with van der Waals surface area (Å²) >= 11 is 0. The van der Waals surface area contributed by atoms with Crippen LogP contribution in [0.3, 0.4) is 0 Å². The Hall–Kier alpha value is -0.650. The molecule has 0 aromatic carbocycles. The summed E-state index contributed by atoms with van der Waals surface area (Å²) < 4.78 is 4.73. The van der Waals surface area contributed by atoms with Crippen molar-refractivity contribution in [3.8, 4) is 0 Å². The maximum Gasteiger partial charge on any atom is 0.325 e. The molecule has 0 aromatic rings. The van der Waals surface area contributed by atoms with E-state index in [1.165, 1.54) is 26.4 Å². The topological polar surface area (TPSA) is 58.8 Å². The van der Waals surface area contributed by atoms with Crippen molar-refractivity contribution in [2.45, 2.75) is 56.5 Å². The number of hydrogen-bond acceptors (Lipinski definition) is 5. The van der Waals surface area contributed by atoms with Crippen LogP contribution >= 0.6 is 0 Å². The summed E-state index contributed by atoms with van der Waals surface area (Å²) in [6, 6.07) is 0. The maximum atomic E-state index is 11.5. The molecule has 1 aliphatic rings. The minimum atomic E-state index is -0.855. The van der Waals surface area contributed by atoms with Gasteiger partial charge in [0.05, 0.1) is 7.11 Å². The molecule has 0 bridgehead atoms. The molecule has 1 rings (SSSR count). The second-order valence-electron chi connectivity index (χ2n) is 7.08. The fraction of sp³-hybridized carbons (Fsp3) is 0.938. The highest BCUT2D eigenvalue weighted by Gasteiger charge is 2.39. The Labute approximate surface area is 129 Å². The molecule has 1 atom stereocenters. The van der Waals surface area contributed by atoms with E-state index in [1.807, 2.05) is 0 Å². The summed E-state index contributed by atoms with van der Waals surface area (Å²) in [5.74, 6) is -0.322. The van der Waals surface area contributed by atoms with Gasteiger partial charge in [0.2, 0.25) is 0 Å². The van der Waals surface area contributed by atoms with E-state index in [1.54, 1.807) is 6.92 Å². The van der Waals surface area contributed by atoms with Gasteiger partial charge in [-0.15, -0.1) is 0 Å². The molecule has 1 aliphatic carbocycles. The molecule has 0 aliphatic heterocycles. The predicted molar refractivity (Wildman–Crippen MR) is 86.2 cm³/mol. The van der Waals surface area contributed by atoms with E-state index in [-0.39, 0.29) is 5.97 Å². The van der Waals surface area contributed by atoms with E-state index in [0.717, 1.165) is 25.9 Å². The zero-order valence-corrected chi connectivity index (χ0v) is 14.4. The molecule has 0 spiro atoms. The van der Waals surface area contributed by atoms with Crippen LogP contribution in [0, 0.1) is 0 Å². The molecule has 2 N–H and O–H groups in total. The first-order chi connectivity index (χ1) is 9.73. The molecular weight excluding hydrogens is 266 g/mol. The summed E-state index contributed by atoms with van der Waals surface area (Å²) in [5, 5.41) is 0. The Morgan fingerprint density at radius 1 is 1.29 bits per heavy atom. The Bertz CT molecular complexity index is 338. The molecular formula is C16H33N3O2. The van der Waals surface area contributed by atoms with Crippen LogP contribution in [-0.2, 0) is 9.53 Å². The van der Waals surface area contributed by atoms with Gasteiger partial charge in [-0.1, -0.05) is 0 Å². The average Bonchev–Trinajstić information content (AvgIpc) is 2.37. The van der Waals surface area contributed by atoms with E-state index >= 15 is 0 Å². The van der Waals surface area contributed by atoms with Gasteiger partial charge in [0.25, 0.3) is 0 Å². The molecule has 1 unspecified atom stereocenters. The number of ether oxygens (including phenoxy) is 1. The van der Waals surface area contributed by atoms with E-state index in [4.69, 9.17) is 10.5 Å². The summed E-state index contributed by atoms with van der Waals surface area (Å²) in [7, 11) is 7.94. The molecule has 0 saturated heterocycles. The van der Waals surface area contributed by atoms with Crippen molar-refractivity contribution >= 4 is 5.97 Å². The summed E-state index contributed by atoms with van der Waals surface area (Å²) in [6.45, 7) is 3.92. The highest BCUT2D eigenvalue weighted by molar-refractivity contribution is 5.79. The second-order valence-corrected chi connectivity index (χ2v) is 7.08. The monoisotopic (exact) mass is 299 g/mol. The van der Waals surface area contributed by atoms with Crippen molar-refractivity contribution in [1.29, 1.82) is 0 Å². The smallest absolute Gasteiger partial charge is 0.325 e. The number of esters is 1. The van der Waals surface area contributed by atoms with Crippen LogP contribution in [-0.4, -0.2) is 68.2 Å². The Morgan fingerprint density at radius 3 is 2.33 bits per heavy atom. The lowest BCUT2D eigenvalue weighted by atomic mass is 9.75. The molecule has 1 saturated carbocycles. The predicted octanol–water partition coefficient (Wildman–Crippen LogP) is 1.46. The van der Waals surface area contributed by atoms with Crippen molar-refractivity contribution in [3.05, 3.63) is 0 Å². The lowest BCUT2D eigenvalue weighted by Gasteiger charge is -2.49. The van der Waals surface area contributed by atoms with Crippen LogP contribution < -0.4 is 5.73 Å². The Balaban J connectivity index is 2.25. The molecule has 21 heavy (non-hydrogen) atoms. The van der Waals surface area contributed by atoms with Gasteiger partial charge < -0.3 is 20.3 Å². The van der Waals surface area contributed by atoms with Crippen molar-refractivity contribution in [3.63, 3.8) is 0 Å². The Morgan fingerprint density at radius 2 is 1.90 bits per heavy atom. The van der Waals surface area contributed by atoms with E-state index < -0.39 is 5.54 Å². The molecule has 0 radical (unpaired) electrons. The molecule has 1 fully saturated rings. The second kappa shape index (κ2) is 7.56. The number of carbonyl (C=O) groups excluding carboxylic acids is 1. The molecule has 0 heterocycles. The number of unbranched alkanes of at least 4 members (excludes halogenated alkanes) is 1. The van der Waals surface area contributed by atoms with Crippen LogP contribution in [0.15, 0.2) is 0 Å². The van der Waals surface area contributed by atoms with Gasteiger partial charge in [-0.25, -0.2) is 0 Å². The van der Waals surface area contributed by atoms with E-state index in [2.05, 4.69) is 30.9 Å². The van der Waals surface area contributed by atoms with Crippen LogP contribution in [0.25, 0.3) is 0 Å². The lowest BCUT2D eigenvalue weighted by Crippen LogP contribution is -2.56. The van der Waals surface area contributed by atoms with Gasteiger partial charge >= 0.3 is 5.97 Å². The number of methoxy groups -OCH3 is 1. The average molecular weight is 299 g/mol. The summed E-state index contributed by atoms with van der Waals surface area (Å²) in [5.41, 5.74) is 5.49. The van der Waals surface area contributed by atoms with Crippen LogP contribution in [0.5, 0.6) is 0 Å². The fourth-order valence-corrected chi connectivity index (χ4v) is 3.12. The summed E-state index contributed by atoms with van der Waals surface area (Å²) in [6.07, 6.45) is 6.62. The fourth-order valence-electron chi connectivity index (χ4n) is 3.12. The number of carbonyl (C=O) groups is 1. The molecule has 0 amide bonds. The largest absolute Gasteiger partial charge is 0.468 e. The van der Waals surface area contributed by atoms with E-state index in [0.29, 0.717) is 12.0 Å². The molecule has 5 nitrogen and oxygen atoms in total. The number of nitrogens with two attached hydrogens (primary N) is 1. The third kappa shape index (κ3) is 4.94. The summed E-state index contributed by atoms with van der Waals surface area (Å²) in [4.78, 5) is 16.3. The zero-order valence-electron chi connectivity index (χ0n) is 14.4. The van der Waals surface area contributed by atoms with E-state index in [9.17, 15) is 4.79 Å². The first kappa shape index (κ1) is 18.4. The first-order valence-electron chi connectivity index (χ1n) is 7.97. The van der Waals surface area contributed by atoms with Gasteiger partial charge in [0, 0.05) is 12.1 Å². The SMILES string of the molecule is COC(=O)C(C)(N)CCCCN(C)CC1(N(C)C)CCC1. The normalized spacial score (nSPS) is 20.2. The van der Waals surface area contributed by atoms with Crippen molar-refractivity contribution in [2.75, 3.05) is 41.3 Å². The minimum Gasteiger partial charge on any atom is -0.468 e. The van der Waals surface area contributed by atoms with Crippen molar-refractivity contribution in [1.82, 2.24) is 9.80 Å². The van der Waals surface area contributed by atoms with Crippen LogP contribution in [0.4, 0.5) is 0 Å². The molecule has 0 aromatic heterocycles. The van der Waals surface area contributed by atoms with Gasteiger partial charge in [-0.2, -0.15) is 0 Å². The van der Waals surface area contributed by atoms with Gasteiger partial charge in [0.1, 0.15) is 5.54 Å². The maximum absolute atomic E-state index is 11.5. The van der Waals surface area contributed by atoms with Gasteiger partial charge in [-0.3, -0.25) is 4.79 Å². The zero-order chi connectivity index (χ0) is 16.1. The van der Waals surface area contributed by atoms with Crippen molar-refractivity contribution in [2.24, 2.45) is 5.73 Å². The third-order valence-electron chi connectivity index (χ3n) is 4.93. The standard InChI is InChI=1S/C16H33N3O2/c1-15(17,14(20)21-5)9-6-7-12-19(4)13-16(18(2)3)10-8-11-16/h6-13,17H2,1-5H3. The third-order valence-corrected chi connectivity index (χ3v) is 4.93. The quantitative estimate of drug-likeness (QED) is 0.516. The highest BCUT2D eigenvalue weighted by atomic mass is 16.5. The van der Waals surface area contributed by atoms with Gasteiger partial charge in [-0.05, 0) is 73.1 Å². The van der Waals surface area contributed by atoms with Gasteiger partial charge in [0.15, 0.2) is 0 Å².